The molecule has 0 radical (unpaired) electrons. The number of carbonyl (C=O) groups is 1. The van der Waals surface area contributed by atoms with Crippen LogP contribution in [-0.4, -0.2) is 21.0 Å². The second-order valence-corrected chi connectivity index (χ2v) is 4.54. The van der Waals surface area contributed by atoms with Gasteiger partial charge in [-0.1, -0.05) is 6.07 Å². The number of imidazole rings is 1. The molecule has 1 aromatic heterocycles. The summed E-state index contributed by atoms with van der Waals surface area (Å²) in [7, 11) is 0. The lowest BCUT2D eigenvalue weighted by molar-refractivity contribution is -0.142. The van der Waals surface area contributed by atoms with Gasteiger partial charge >= 0.3 is 5.97 Å². The number of aryl methyl sites for hydroxylation is 1. The summed E-state index contributed by atoms with van der Waals surface area (Å²) >= 11 is 0. The third-order valence-electron chi connectivity index (χ3n) is 2.76. The standard InChI is InChI=1S/C12H14N2O2/c1-7-4-5-8-9(6-7)14-10(13-8)12(2,3)11(15)16/h4-6H,1-3H3,(H,13,14)(H,15,16). The first kappa shape index (κ1) is 10.7. The summed E-state index contributed by atoms with van der Waals surface area (Å²) in [5, 5.41) is 9.11. The van der Waals surface area contributed by atoms with Gasteiger partial charge in [-0.3, -0.25) is 4.79 Å². The summed E-state index contributed by atoms with van der Waals surface area (Å²) in [6, 6.07) is 5.81. The van der Waals surface area contributed by atoms with Gasteiger partial charge in [-0.25, -0.2) is 4.98 Å². The van der Waals surface area contributed by atoms with E-state index in [9.17, 15) is 4.79 Å². The summed E-state index contributed by atoms with van der Waals surface area (Å²) in [6.07, 6.45) is 0. The Bertz CT molecular complexity index is 555. The predicted octanol–water partition coefficient (Wildman–Crippen LogP) is 2.23. The van der Waals surface area contributed by atoms with Gasteiger partial charge in [0.05, 0.1) is 11.0 Å². The number of carboxylic acids is 1. The van der Waals surface area contributed by atoms with Crippen LogP contribution in [0.25, 0.3) is 11.0 Å². The van der Waals surface area contributed by atoms with E-state index in [-0.39, 0.29) is 0 Å². The summed E-state index contributed by atoms with van der Waals surface area (Å²) in [5.74, 6) is -0.399. The van der Waals surface area contributed by atoms with Gasteiger partial charge in [0, 0.05) is 0 Å². The highest BCUT2D eigenvalue weighted by atomic mass is 16.4. The highest BCUT2D eigenvalue weighted by molar-refractivity contribution is 5.82. The minimum absolute atomic E-state index is 0.487. The lowest BCUT2D eigenvalue weighted by atomic mass is 9.93. The molecule has 4 nitrogen and oxygen atoms in total. The predicted molar refractivity (Wildman–Crippen MR) is 61.5 cm³/mol. The molecule has 16 heavy (non-hydrogen) atoms. The highest BCUT2D eigenvalue weighted by Crippen LogP contribution is 2.23. The summed E-state index contributed by atoms with van der Waals surface area (Å²) < 4.78 is 0. The molecule has 84 valence electrons. The van der Waals surface area contributed by atoms with Crippen molar-refractivity contribution in [1.29, 1.82) is 0 Å². The number of carboxylic acid groups (broad SMARTS) is 1. The monoisotopic (exact) mass is 218 g/mol. The number of fused-ring (bicyclic) bond motifs is 1. The molecular formula is C12H14N2O2. The molecule has 0 aliphatic rings. The molecule has 2 N–H and O–H groups in total. The Hall–Kier alpha value is -1.84. The van der Waals surface area contributed by atoms with Crippen LogP contribution in [0.4, 0.5) is 0 Å². The Kier molecular flexibility index (Phi) is 2.22. The number of H-pyrrole nitrogens is 1. The zero-order chi connectivity index (χ0) is 11.9. The van der Waals surface area contributed by atoms with Crippen molar-refractivity contribution in [3.63, 3.8) is 0 Å². The lowest BCUT2D eigenvalue weighted by Crippen LogP contribution is -2.29. The number of nitrogens with one attached hydrogen (secondary N) is 1. The van der Waals surface area contributed by atoms with Crippen LogP contribution in [0.1, 0.15) is 25.2 Å². The second-order valence-electron chi connectivity index (χ2n) is 4.54. The number of rotatable bonds is 2. The number of hydrogen-bond donors (Lipinski definition) is 2. The van der Waals surface area contributed by atoms with E-state index in [4.69, 9.17) is 5.11 Å². The van der Waals surface area contributed by atoms with Crippen molar-refractivity contribution in [2.24, 2.45) is 0 Å². The van der Waals surface area contributed by atoms with Gasteiger partial charge in [-0.2, -0.15) is 0 Å². The number of hydrogen-bond acceptors (Lipinski definition) is 2. The molecule has 1 heterocycles. The second kappa shape index (κ2) is 3.33. The molecule has 0 saturated carbocycles. The van der Waals surface area contributed by atoms with Crippen LogP contribution >= 0.6 is 0 Å². The molecule has 0 saturated heterocycles. The quantitative estimate of drug-likeness (QED) is 0.812. The Morgan fingerprint density at radius 2 is 2.12 bits per heavy atom. The van der Waals surface area contributed by atoms with Crippen LogP contribution in [0.2, 0.25) is 0 Å². The van der Waals surface area contributed by atoms with E-state index in [1.165, 1.54) is 0 Å². The molecule has 1 aromatic carbocycles. The summed E-state index contributed by atoms with van der Waals surface area (Å²) in [4.78, 5) is 18.5. The fourth-order valence-electron chi connectivity index (χ4n) is 1.52. The number of aromatic nitrogens is 2. The third kappa shape index (κ3) is 1.56. The van der Waals surface area contributed by atoms with Crippen molar-refractivity contribution in [1.82, 2.24) is 9.97 Å². The van der Waals surface area contributed by atoms with Crippen molar-refractivity contribution < 1.29 is 9.90 Å². The van der Waals surface area contributed by atoms with Crippen LogP contribution in [0.15, 0.2) is 18.2 Å². The molecule has 0 fully saturated rings. The minimum atomic E-state index is -0.993. The van der Waals surface area contributed by atoms with Crippen molar-refractivity contribution >= 4 is 17.0 Å². The molecule has 2 aromatic rings. The minimum Gasteiger partial charge on any atom is -0.481 e. The van der Waals surface area contributed by atoms with Gasteiger partial charge in [-0.05, 0) is 38.5 Å². The van der Waals surface area contributed by atoms with E-state index < -0.39 is 11.4 Å². The molecule has 0 aliphatic carbocycles. The summed E-state index contributed by atoms with van der Waals surface area (Å²) in [5.41, 5.74) is 1.81. The fourth-order valence-corrected chi connectivity index (χ4v) is 1.52. The van der Waals surface area contributed by atoms with Gasteiger partial charge in [-0.15, -0.1) is 0 Å². The largest absolute Gasteiger partial charge is 0.481 e. The van der Waals surface area contributed by atoms with E-state index in [0.717, 1.165) is 16.6 Å². The van der Waals surface area contributed by atoms with Crippen molar-refractivity contribution in [3.05, 3.63) is 29.6 Å². The molecule has 4 heteroatoms. The van der Waals surface area contributed by atoms with E-state index in [2.05, 4.69) is 9.97 Å². The van der Waals surface area contributed by atoms with Gasteiger partial charge < -0.3 is 10.1 Å². The molecule has 2 rings (SSSR count). The number of aromatic amines is 1. The molecule has 0 aliphatic heterocycles. The fraction of sp³-hybridized carbons (Fsp3) is 0.333. The zero-order valence-corrected chi connectivity index (χ0v) is 9.53. The van der Waals surface area contributed by atoms with Crippen LogP contribution in [0.5, 0.6) is 0 Å². The molecule has 0 atom stereocenters. The first-order chi connectivity index (χ1) is 7.41. The Balaban J connectivity index is 2.59. The molecule has 0 spiro atoms. The molecular weight excluding hydrogens is 204 g/mol. The van der Waals surface area contributed by atoms with E-state index in [1.807, 2.05) is 25.1 Å². The van der Waals surface area contributed by atoms with Crippen LogP contribution in [0.3, 0.4) is 0 Å². The average Bonchev–Trinajstić information content (AvgIpc) is 2.60. The first-order valence-corrected chi connectivity index (χ1v) is 5.11. The lowest BCUT2D eigenvalue weighted by Gasteiger charge is -2.15. The molecule has 0 amide bonds. The topological polar surface area (TPSA) is 66.0 Å². The van der Waals surface area contributed by atoms with Crippen molar-refractivity contribution in [2.75, 3.05) is 0 Å². The molecule has 0 unspecified atom stereocenters. The maximum atomic E-state index is 11.1. The van der Waals surface area contributed by atoms with Gasteiger partial charge in [0.2, 0.25) is 0 Å². The smallest absolute Gasteiger partial charge is 0.316 e. The van der Waals surface area contributed by atoms with E-state index in [1.54, 1.807) is 13.8 Å². The molecule has 0 bridgehead atoms. The highest BCUT2D eigenvalue weighted by Gasteiger charge is 2.32. The Morgan fingerprint density at radius 3 is 2.75 bits per heavy atom. The van der Waals surface area contributed by atoms with E-state index >= 15 is 0 Å². The maximum absolute atomic E-state index is 11.1. The number of nitrogens with zero attached hydrogens (tertiary/aromatic N) is 1. The maximum Gasteiger partial charge on any atom is 0.316 e. The van der Waals surface area contributed by atoms with Gasteiger partial charge in [0.25, 0.3) is 0 Å². The normalized spacial score (nSPS) is 11.9. The zero-order valence-electron chi connectivity index (χ0n) is 9.53. The Labute approximate surface area is 93.3 Å². The van der Waals surface area contributed by atoms with E-state index in [0.29, 0.717) is 5.82 Å². The van der Waals surface area contributed by atoms with Crippen LogP contribution < -0.4 is 0 Å². The first-order valence-electron chi connectivity index (χ1n) is 5.11. The van der Waals surface area contributed by atoms with Crippen LogP contribution in [0, 0.1) is 6.92 Å². The van der Waals surface area contributed by atoms with Crippen molar-refractivity contribution in [3.8, 4) is 0 Å². The number of aliphatic carboxylic acids is 1. The van der Waals surface area contributed by atoms with Gasteiger partial charge in [0.1, 0.15) is 11.2 Å². The van der Waals surface area contributed by atoms with Gasteiger partial charge in [0.15, 0.2) is 0 Å². The van der Waals surface area contributed by atoms with Crippen LogP contribution in [-0.2, 0) is 10.2 Å². The number of benzene rings is 1. The third-order valence-corrected chi connectivity index (χ3v) is 2.76. The summed E-state index contributed by atoms with van der Waals surface area (Å²) in [6.45, 7) is 5.27. The average molecular weight is 218 g/mol. The Morgan fingerprint density at radius 1 is 1.44 bits per heavy atom. The van der Waals surface area contributed by atoms with Crippen molar-refractivity contribution in [2.45, 2.75) is 26.2 Å². The SMILES string of the molecule is Cc1ccc2nc(C(C)(C)C(=O)O)[nH]c2c1.